The van der Waals surface area contributed by atoms with Gasteiger partial charge in [-0.3, -0.25) is 4.68 Å². The van der Waals surface area contributed by atoms with Gasteiger partial charge in [0.2, 0.25) is 10.0 Å². The maximum Gasteiger partial charge on any atom is 0.238 e. The van der Waals surface area contributed by atoms with Crippen LogP contribution in [0.5, 0.6) is 5.75 Å². The van der Waals surface area contributed by atoms with Crippen LogP contribution < -0.4 is 20.1 Å². The van der Waals surface area contributed by atoms with Crippen LogP contribution in [0.25, 0.3) is 22.2 Å². The summed E-state index contributed by atoms with van der Waals surface area (Å²) in [6.45, 7) is 4.12. The molecule has 6 rings (SSSR count). The molecule has 11 heteroatoms. The molecule has 2 fully saturated rings. The van der Waals surface area contributed by atoms with E-state index >= 15 is 0 Å². The third-order valence-electron chi connectivity index (χ3n) is 7.00. The van der Waals surface area contributed by atoms with Crippen LogP contribution in [-0.2, 0) is 16.6 Å². The molecule has 35 heavy (non-hydrogen) atoms. The summed E-state index contributed by atoms with van der Waals surface area (Å²) in [5.74, 6) is 1.59. The average Bonchev–Trinajstić information content (AvgIpc) is 3.61. The Morgan fingerprint density at radius 3 is 2.69 bits per heavy atom. The number of methoxy groups -OCH3 is 1. The summed E-state index contributed by atoms with van der Waals surface area (Å²) in [6, 6.07) is 10.8. The molecule has 0 radical (unpaired) electrons. The molecule has 2 aliphatic rings. The van der Waals surface area contributed by atoms with Gasteiger partial charge in [-0.2, -0.15) is 5.10 Å². The van der Waals surface area contributed by atoms with Gasteiger partial charge in [0, 0.05) is 49.8 Å². The molecule has 3 N–H and O–H groups in total. The number of anilines is 1. The Morgan fingerprint density at radius 2 is 2.00 bits per heavy atom. The molecule has 4 aromatic rings. The molecule has 4 heterocycles. The van der Waals surface area contributed by atoms with Crippen LogP contribution >= 0.6 is 0 Å². The number of nitrogens with zero attached hydrogens (tertiary/aromatic N) is 4. The highest BCUT2D eigenvalue weighted by molar-refractivity contribution is 7.89. The van der Waals surface area contributed by atoms with E-state index in [-0.39, 0.29) is 4.90 Å². The van der Waals surface area contributed by atoms with Gasteiger partial charge in [-0.1, -0.05) is 11.2 Å². The predicted molar refractivity (Wildman–Crippen MR) is 131 cm³/mol. The van der Waals surface area contributed by atoms with Crippen molar-refractivity contribution in [2.45, 2.75) is 11.4 Å². The molecule has 0 bridgehead atoms. The number of hydrogen-bond donors (Lipinski definition) is 2. The largest absolute Gasteiger partial charge is 0.496 e. The second kappa shape index (κ2) is 8.36. The molecule has 10 nitrogen and oxygen atoms in total. The fourth-order valence-electron chi connectivity index (χ4n) is 5.40. The minimum atomic E-state index is -4.03. The first-order valence-electron chi connectivity index (χ1n) is 11.5. The number of nitrogens with one attached hydrogen (secondary N) is 1. The van der Waals surface area contributed by atoms with Crippen molar-refractivity contribution in [1.29, 1.82) is 0 Å². The van der Waals surface area contributed by atoms with Crippen molar-refractivity contribution in [3.8, 4) is 17.0 Å². The van der Waals surface area contributed by atoms with E-state index < -0.39 is 10.0 Å². The zero-order valence-electron chi connectivity index (χ0n) is 19.2. The molecule has 182 valence electrons. The molecule has 2 saturated heterocycles. The number of hydrogen-bond acceptors (Lipinski definition) is 8. The van der Waals surface area contributed by atoms with E-state index in [0.717, 1.165) is 37.4 Å². The summed E-state index contributed by atoms with van der Waals surface area (Å²) < 4.78 is 38.6. The summed E-state index contributed by atoms with van der Waals surface area (Å²) in [7, 11) is -2.46. The summed E-state index contributed by atoms with van der Waals surface area (Å²) in [5, 5.41) is 18.3. The van der Waals surface area contributed by atoms with Crippen molar-refractivity contribution in [2.75, 3.05) is 38.2 Å². The highest BCUT2D eigenvalue weighted by Crippen LogP contribution is 2.44. The third kappa shape index (κ3) is 3.85. The summed E-state index contributed by atoms with van der Waals surface area (Å²) in [6.07, 6.45) is 3.59. The lowest BCUT2D eigenvalue weighted by Gasteiger charge is -2.24. The van der Waals surface area contributed by atoms with Crippen LogP contribution in [0.3, 0.4) is 0 Å². The van der Waals surface area contributed by atoms with Gasteiger partial charge >= 0.3 is 0 Å². The van der Waals surface area contributed by atoms with Crippen molar-refractivity contribution in [2.24, 2.45) is 17.0 Å². The fourth-order valence-corrected chi connectivity index (χ4v) is 6.16. The van der Waals surface area contributed by atoms with Crippen LogP contribution in [0.1, 0.15) is 5.56 Å². The van der Waals surface area contributed by atoms with Gasteiger partial charge in [0.25, 0.3) is 0 Å². The number of aromatic nitrogens is 3. The lowest BCUT2D eigenvalue weighted by atomic mass is 10.0. The number of primary sulfonamides is 1. The normalized spacial score (nSPS) is 20.0. The topological polar surface area (TPSA) is 129 Å². The quantitative estimate of drug-likeness (QED) is 0.417. The fraction of sp³-hybridized carbons (Fsp3) is 0.333. The van der Waals surface area contributed by atoms with Crippen molar-refractivity contribution >= 4 is 26.7 Å². The van der Waals surface area contributed by atoms with Crippen molar-refractivity contribution in [1.82, 2.24) is 20.3 Å². The van der Waals surface area contributed by atoms with Crippen LogP contribution in [0.15, 0.2) is 58.2 Å². The van der Waals surface area contributed by atoms with Crippen molar-refractivity contribution < 1.29 is 17.7 Å². The molecular weight excluding hydrogens is 468 g/mol. The Kier molecular flexibility index (Phi) is 5.28. The average molecular weight is 495 g/mol. The molecule has 0 aliphatic carbocycles. The Balaban J connectivity index is 1.52. The van der Waals surface area contributed by atoms with Gasteiger partial charge < -0.3 is 19.5 Å². The van der Waals surface area contributed by atoms with Crippen LogP contribution in [0.4, 0.5) is 5.69 Å². The molecule has 2 aromatic heterocycles. The van der Waals surface area contributed by atoms with E-state index in [4.69, 9.17) is 14.4 Å². The molecule has 0 unspecified atom stereocenters. The van der Waals surface area contributed by atoms with Crippen LogP contribution in [-0.4, -0.2) is 56.6 Å². The van der Waals surface area contributed by atoms with Gasteiger partial charge in [-0.25, -0.2) is 13.6 Å². The van der Waals surface area contributed by atoms with Gasteiger partial charge in [0.15, 0.2) is 5.58 Å². The van der Waals surface area contributed by atoms with E-state index in [0.29, 0.717) is 46.4 Å². The molecule has 0 saturated carbocycles. The van der Waals surface area contributed by atoms with Crippen LogP contribution in [0, 0.1) is 11.8 Å². The monoisotopic (exact) mass is 494 g/mol. The van der Waals surface area contributed by atoms with E-state index in [1.165, 1.54) is 6.07 Å². The van der Waals surface area contributed by atoms with E-state index in [1.807, 2.05) is 30.5 Å². The Bertz CT molecular complexity index is 1490. The maximum atomic E-state index is 12.7. The number of nitrogens with two attached hydrogens (primary N) is 1. The smallest absolute Gasteiger partial charge is 0.238 e. The highest BCUT2D eigenvalue weighted by Gasteiger charge is 2.38. The van der Waals surface area contributed by atoms with Gasteiger partial charge in [0.1, 0.15) is 11.4 Å². The SMILES string of the molecule is COc1cc(Cn2cccn2)cc2onc(-c3c(N4C[C@@H]5CNC[C@H]5C4)cccc3S(N)(=O)=O)c12. The lowest BCUT2D eigenvalue weighted by molar-refractivity contribution is 0.418. The maximum absolute atomic E-state index is 12.7. The van der Waals surface area contributed by atoms with Crippen LogP contribution in [0.2, 0.25) is 0 Å². The number of ether oxygens (including phenoxy) is 1. The van der Waals surface area contributed by atoms with E-state index in [1.54, 1.807) is 24.1 Å². The number of benzene rings is 2. The van der Waals surface area contributed by atoms with Crippen molar-refractivity contribution in [3.05, 3.63) is 54.4 Å². The van der Waals surface area contributed by atoms with Crippen molar-refractivity contribution in [3.63, 3.8) is 0 Å². The molecule has 0 spiro atoms. The third-order valence-corrected chi connectivity index (χ3v) is 7.95. The summed E-state index contributed by atoms with van der Waals surface area (Å²) in [4.78, 5) is 2.25. The highest BCUT2D eigenvalue weighted by atomic mass is 32.2. The van der Waals surface area contributed by atoms with Gasteiger partial charge in [-0.05, 0) is 47.7 Å². The number of rotatable bonds is 6. The predicted octanol–water partition coefficient (Wildman–Crippen LogP) is 2.05. The Hall–Kier alpha value is -3.41. The zero-order valence-corrected chi connectivity index (χ0v) is 20.0. The Morgan fingerprint density at radius 1 is 1.20 bits per heavy atom. The molecular formula is C24H26N6O4S. The molecule has 0 amide bonds. The van der Waals surface area contributed by atoms with Gasteiger partial charge in [-0.15, -0.1) is 0 Å². The lowest BCUT2D eigenvalue weighted by Crippen LogP contribution is -2.26. The molecule has 2 aromatic carbocycles. The first kappa shape index (κ1) is 22.1. The standard InChI is InChI=1S/C24H26N6O4S/c1-33-19-8-15(12-30-7-3-6-27-30)9-20-23(19)24(28-34-20)22-18(4-2-5-21(22)35(25,31)32)29-13-16-10-26-11-17(16)14-29/h2-9,16-17,26H,10-14H2,1H3,(H2,25,31,32)/t16-,17-/m0/s1. The summed E-state index contributed by atoms with van der Waals surface area (Å²) >= 11 is 0. The molecule has 2 aliphatic heterocycles. The van der Waals surface area contributed by atoms with Gasteiger partial charge in [0.05, 0.1) is 23.9 Å². The first-order chi connectivity index (χ1) is 16.9. The second-order valence-corrected chi connectivity index (χ2v) is 10.7. The van der Waals surface area contributed by atoms with E-state index in [9.17, 15) is 8.42 Å². The zero-order chi connectivity index (χ0) is 24.2. The first-order valence-corrected chi connectivity index (χ1v) is 13.0. The number of fused-ring (bicyclic) bond motifs is 2. The minimum Gasteiger partial charge on any atom is -0.496 e. The number of sulfonamides is 1. The Labute approximate surface area is 202 Å². The minimum absolute atomic E-state index is 0.0167. The summed E-state index contributed by atoms with van der Waals surface area (Å²) in [5.41, 5.74) is 3.04. The molecule has 2 atom stereocenters. The second-order valence-electron chi connectivity index (χ2n) is 9.18. The van der Waals surface area contributed by atoms with E-state index in [2.05, 4.69) is 20.5 Å².